The van der Waals surface area contributed by atoms with Gasteiger partial charge >= 0.3 is 5.69 Å². The Hall–Kier alpha value is -3.20. The summed E-state index contributed by atoms with van der Waals surface area (Å²) in [5.41, 5.74) is 6.97. The highest BCUT2D eigenvalue weighted by Gasteiger charge is 2.10. The lowest BCUT2D eigenvalue weighted by atomic mass is 10.2. The molecule has 0 saturated heterocycles. The highest BCUT2D eigenvalue weighted by atomic mass is 32.1. The molecule has 1 aromatic carbocycles. The van der Waals surface area contributed by atoms with Crippen LogP contribution in [0.3, 0.4) is 0 Å². The van der Waals surface area contributed by atoms with Crippen LogP contribution in [0.1, 0.15) is 5.56 Å². The van der Waals surface area contributed by atoms with Crippen LogP contribution in [0.4, 0.5) is 0 Å². The lowest BCUT2D eigenvalue weighted by Gasteiger charge is -2.10. The number of nitrogens with zero attached hydrogens (tertiary/aromatic N) is 5. The molecule has 26 heavy (non-hydrogen) atoms. The summed E-state index contributed by atoms with van der Waals surface area (Å²) >= 11 is 5.32. The molecule has 0 amide bonds. The number of nitrogens with one attached hydrogen (secondary N) is 2. The van der Waals surface area contributed by atoms with Crippen molar-refractivity contribution in [3.63, 3.8) is 0 Å². The fourth-order valence-electron chi connectivity index (χ4n) is 2.97. The maximum atomic E-state index is 12.1. The molecule has 9 heteroatoms. The number of rotatable bonds is 4. The Bertz CT molecular complexity index is 1200. The second-order valence-electron chi connectivity index (χ2n) is 5.98. The van der Waals surface area contributed by atoms with Gasteiger partial charge in [0.2, 0.25) is 4.77 Å². The standard InChI is InChI=1S/C17H17N7OS/c1-22-13-4-3-11(9-14(13)23(2)17(22)25)10-19-24-15(20-21-16(24)26)12-5-7-18-8-6-12/h3-9,19H,10H2,1-2H3,(H,21,26). The number of fused-ring (bicyclic) bond motifs is 1. The fourth-order valence-corrected chi connectivity index (χ4v) is 3.17. The van der Waals surface area contributed by atoms with E-state index in [1.165, 1.54) is 0 Å². The summed E-state index contributed by atoms with van der Waals surface area (Å²) in [5.74, 6) is 0.686. The van der Waals surface area contributed by atoms with Gasteiger partial charge in [-0.15, -0.1) is 0 Å². The van der Waals surface area contributed by atoms with Crippen molar-refractivity contribution in [2.24, 2.45) is 14.1 Å². The fraction of sp³-hybridized carbons (Fsp3) is 0.176. The van der Waals surface area contributed by atoms with Gasteiger partial charge in [0.25, 0.3) is 0 Å². The third-order valence-corrected chi connectivity index (χ3v) is 4.66. The molecule has 0 saturated carbocycles. The van der Waals surface area contributed by atoms with Gasteiger partial charge < -0.3 is 5.43 Å². The molecule has 4 rings (SSSR count). The number of aromatic nitrogens is 6. The van der Waals surface area contributed by atoms with Crippen LogP contribution in [0.2, 0.25) is 0 Å². The number of pyridine rings is 1. The quantitative estimate of drug-likeness (QED) is 0.539. The van der Waals surface area contributed by atoms with Crippen molar-refractivity contribution >= 4 is 23.3 Å². The Morgan fingerprint density at radius 3 is 2.62 bits per heavy atom. The predicted molar refractivity (Wildman–Crippen MR) is 102 cm³/mol. The summed E-state index contributed by atoms with van der Waals surface area (Å²) in [5, 5.41) is 7.09. The molecular formula is C17H17N7OS. The highest BCUT2D eigenvalue weighted by molar-refractivity contribution is 7.71. The first-order chi connectivity index (χ1) is 12.6. The number of imidazole rings is 1. The van der Waals surface area contributed by atoms with E-state index in [1.54, 1.807) is 40.3 Å². The average Bonchev–Trinajstić information content (AvgIpc) is 3.14. The first-order valence-electron chi connectivity index (χ1n) is 8.02. The average molecular weight is 367 g/mol. The zero-order valence-corrected chi connectivity index (χ0v) is 15.1. The van der Waals surface area contributed by atoms with Crippen LogP contribution in [0.5, 0.6) is 0 Å². The van der Waals surface area contributed by atoms with Gasteiger partial charge in [0.05, 0.1) is 17.6 Å². The molecule has 2 N–H and O–H groups in total. The molecule has 3 aromatic heterocycles. The summed E-state index contributed by atoms with van der Waals surface area (Å²) in [6, 6.07) is 9.68. The van der Waals surface area contributed by atoms with E-state index in [4.69, 9.17) is 12.2 Å². The summed E-state index contributed by atoms with van der Waals surface area (Å²) < 4.78 is 5.49. The second-order valence-corrected chi connectivity index (χ2v) is 6.37. The molecule has 0 aliphatic carbocycles. The van der Waals surface area contributed by atoms with Crippen LogP contribution in [0, 0.1) is 4.77 Å². The third-order valence-electron chi connectivity index (χ3n) is 4.39. The minimum atomic E-state index is -0.0397. The molecule has 0 bridgehead atoms. The zero-order chi connectivity index (χ0) is 18.3. The highest BCUT2D eigenvalue weighted by Crippen LogP contribution is 2.17. The van der Waals surface area contributed by atoms with Crippen molar-refractivity contribution in [2.75, 3.05) is 5.43 Å². The van der Waals surface area contributed by atoms with Crippen molar-refractivity contribution in [2.45, 2.75) is 6.54 Å². The van der Waals surface area contributed by atoms with Crippen molar-refractivity contribution in [3.8, 4) is 11.4 Å². The Balaban J connectivity index is 1.65. The summed E-state index contributed by atoms with van der Waals surface area (Å²) in [7, 11) is 3.55. The molecule has 0 aliphatic rings. The van der Waals surface area contributed by atoms with Gasteiger partial charge in [-0.05, 0) is 42.0 Å². The second kappa shape index (κ2) is 6.26. The van der Waals surface area contributed by atoms with Crippen LogP contribution < -0.4 is 11.1 Å². The number of hydrogen-bond acceptors (Lipinski definition) is 5. The van der Waals surface area contributed by atoms with E-state index in [0.717, 1.165) is 22.2 Å². The van der Waals surface area contributed by atoms with Crippen LogP contribution in [0.15, 0.2) is 47.5 Å². The van der Waals surface area contributed by atoms with E-state index in [1.807, 2.05) is 30.3 Å². The van der Waals surface area contributed by atoms with Gasteiger partial charge in [-0.1, -0.05) is 6.07 Å². The molecule has 0 atom stereocenters. The van der Waals surface area contributed by atoms with Crippen molar-refractivity contribution in [1.82, 2.24) is 29.0 Å². The molecule has 8 nitrogen and oxygen atoms in total. The molecule has 0 aliphatic heterocycles. The summed E-state index contributed by atoms with van der Waals surface area (Å²) in [4.78, 5) is 16.1. The molecule has 0 radical (unpaired) electrons. The van der Waals surface area contributed by atoms with E-state index in [-0.39, 0.29) is 5.69 Å². The van der Waals surface area contributed by atoms with Crippen LogP contribution >= 0.6 is 12.2 Å². The smallest absolute Gasteiger partial charge is 0.317 e. The normalized spacial score (nSPS) is 11.2. The van der Waals surface area contributed by atoms with E-state index in [9.17, 15) is 4.79 Å². The summed E-state index contributed by atoms with van der Waals surface area (Å²) in [6.07, 6.45) is 3.42. The topological polar surface area (TPSA) is 85.5 Å². The van der Waals surface area contributed by atoms with Crippen LogP contribution in [-0.4, -0.2) is 29.0 Å². The number of hydrogen-bond donors (Lipinski definition) is 2. The van der Waals surface area contributed by atoms with Gasteiger partial charge in [-0.3, -0.25) is 14.1 Å². The number of H-pyrrole nitrogens is 1. The van der Waals surface area contributed by atoms with Gasteiger partial charge in [0.1, 0.15) is 0 Å². The minimum Gasteiger partial charge on any atom is -0.317 e. The van der Waals surface area contributed by atoms with Crippen molar-refractivity contribution < 1.29 is 0 Å². The van der Waals surface area contributed by atoms with Gasteiger partial charge in [0.15, 0.2) is 5.82 Å². The monoisotopic (exact) mass is 367 g/mol. The SMILES string of the molecule is Cn1c(=O)n(C)c2cc(CNn3c(-c4ccncc4)n[nH]c3=S)ccc21. The Kier molecular flexibility index (Phi) is 3.92. The van der Waals surface area contributed by atoms with Crippen molar-refractivity contribution in [3.05, 3.63) is 63.5 Å². The molecule has 0 fully saturated rings. The van der Waals surface area contributed by atoms with E-state index in [2.05, 4.69) is 20.6 Å². The van der Waals surface area contributed by atoms with Crippen molar-refractivity contribution in [1.29, 1.82) is 0 Å². The van der Waals surface area contributed by atoms with Crippen LogP contribution in [0.25, 0.3) is 22.4 Å². The first kappa shape index (κ1) is 16.3. The molecule has 0 spiro atoms. The zero-order valence-electron chi connectivity index (χ0n) is 14.3. The number of benzene rings is 1. The van der Waals surface area contributed by atoms with E-state index in [0.29, 0.717) is 17.1 Å². The molecule has 132 valence electrons. The van der Waals surface area contributed by atoms with E-state index < -0.39 is 0 Å². The largest absolute Gasteiger partial charge is 0.328 e. The maximum absolute atomic E-state index is 12.1. The summed E-state index contributed by atoms with van der Waals surface area (Å²) in [6.45, 7) is 0.533. The lowest BCUT2D eigenvalue weighted by molar-refractivity contribution is 0.795. The third kappa shape index (κ3) is 2.62. The first-order valence-corrected chi connectivity index (χ1v) is 8.43. The Morgan fingerprint density at radius 1 is 1.12 bits per heavy atom. The Morgan fingerprint density at radius 2 is 1.85 bits per heavy atom. The minimum absolute atomic E-state index is 0.0397. The number of aryl methyl sites for hydroxylation is 2. The van der Waals surface area contributed by atoms with Gasteiger partial charge in [0, 0.05) is 32.1 Å². The predicted octanol–water partition coefficient (Wildman–Crippen LogP) is 1.94. The number of aromatic amines is 1. The Labute approximate surface area is 153 Å². The van der Waals surface area contributed by atoms with Gasteiger partial charge in [-0.25, -0.2) is 14.6 Å². The van der Waals surface area contributed by atoms with Crippen LogP contribution in [-0.2, 0) is 20.6 Å². The maximum Gasteiger partial charge on any atom is 0.328 e. The lowest BCUT2D eigenvalue weighted by Crippen LogP contribution is -2.19. The molecular weight excluding hydrogens is 350 g/mol. The molecule has 3 heterocycles. The van der Waals surface area contributed by atoms with Gasteiger partial charge in [-0.2, -0.15) is 5.10 Å². The molecule has 4 aromatic rings. The van der Waals surface area contributed by atoms with E-state index >= 15 is 0 Å². The molecule has 0 unspecified atom stereocenters.